The van der Waals surface area contributed by atoms with E-state index in [9.17, 15) is 13.2 Å². The summed E-state index contributed by atoms with van der Waals surface area (Å²) in [6.07, 6.45) is 0.439. The molecule has 2 aromatic carbocycles. The average Bonchev–Trinajstić information content (AvgIpc) is 3.23. The summed E-state index contributed by atoms with van der Waals surface area (Å²) in [7, 11) is -3.12. The zero-order valence-corrected chi connectivity index (χ0v) is 18.2. The fraction of sp³-hybridized carbons (Fsp3) is 0.200. The molecule has 1 aromatic heterocycles. The highest BCUT2D eigenvalue weighted by atomic mass is 35.5. The molecule has 10 heteroatoms. The first-order chi connectivity index (χ1) is 14.3. The lowest BCUT2D eigenvalue weighted by Gasteiger charge is -2.11. The number of nitrogens with zero attached hydrogens (tertiary/aromatic N) is 2. The maximum Gasteiger partial charge on any atom is 0.255 e. The van der Waals surface area contributed by atoms with E-state index in [1.807, 2.05) is 30.3 Å². The maximum atomic E-state index is 12.8. The molecular formula is C20H19ClN4O3S2. The van der Waals surface area contributed by atoms with E-state index in [2.05, 4.69) is 10.4 Å². The summed E-state index contributed by atoms with van der Waals surface area (Å²) in [5, 5.41) is 8.44. The zero-order chi connectivity index (χ0) is 21.3. The molecule has 7 nitrogen and oxygen atoms in total. The van der Waals surface area contributed by atoms with Crippen LogP contribution in [-0.4, -0.2) is 35.6 Å². The molecular weight excluding hydrogens is 444 g/mol. The molecule has 3 aromatic rings. The molecule has 0 spiro atoms. The first-order valence-electron chi connectivity index (χ1n) is 9.20. The van der Waals surface area contributed by atoms with Crippen LogP contribution in [0.25, 0.3) is 0 Å². The van der Waals surface area contributed by atoms with E-state index in [1.165, 1.54) is 16.4 Å². The largest absolute Gasteiger partial charge is 0.382 e. The third-order valence-electron chi connectivity index (χ3n) is 4.77. The molecule has 1 atom stereocenters. The van der Waals surface area contributed by atoms with E-state index < -0.39 is 9.84 Å². The smallest absolute Gasteiger partial charge is 0.255 e. The summed E-state index contributed by atoms with van der Waals surface area (Å²) in [5.41, 5.74) is 7.12. The number of carbonyl (C=O) groups is 1. The van der Waals surface area contributed by atoms with Crippen molar-refractivity contribution < 1.29 is 13.2 Å². The van der Waals surface area contributed by atoms with Gasteiger partial charge in [0, 0.05) is 15.5 Å². The number of rotatable bonds is 5. The zero-order valence-electron chi connectivity index (χ0n) is 15.8. The number of amides is 1. The molecule has 156 valence electrons. The van der Waals surface area contributed by atoms with E-state index >= 15 is 0 Å². The Hall–Kier alpha value is -2.49. The fourth-order valence-electron chi connectivity index (χ4n) is 3.25. The monoisotopic (exact) mass is 462 g/mol. The normalized spacial score (nSPS) is 17.7. The fourth-order valence-corrected chi connectivity index (χ4v) is 5.97. The van der Waals surface area contributed by atoms with Gasteiger partial charge in [0.1, 0.15) is 16.5 Å². The standard InChI is InChI=1S/C20H19ClN4O3S2/c21-14-8-6-13(7-9-14)19(26)23-17-18(22)25(15-10-11-30(27,28)12-15)24-20(17)29-16-4-2-1-3-5-16/h1-9,15H,10-12,22H2,(H,23,26). The molecule has 1 saturated heterocycles. The van der Waals surface area contributed by atoms with Crippen LogP contribution in [0.4, 0.5) is 11.5 Å². The third kappa shape index (κ3) is 4.48. The van der Waals surface area contributed by atoms with Gasteiger partial charge in [-0.1, -0.05) is 41.6 Å². The van der Waals surface area contributed by atoms with Gasteiger partial charge in [-0.25, -0.2) is 13.1 Å². The number of aromatic nitrogens is 2. The van der Waals surface area contributed by atoms with E-state index in [1.54, 1.807) is 24.3 Å². The summed E-state index contributed by atoms with van der Waals surface area (Å²) in [6, 6.07) is 15.7. The SMILES string of the molecule is Nc1c(NC(=O)c2ccc(Cl)cc2)c(Sc2ccccc2)nn1C1CCS(=O)(=O)C1. The van der Waals surface area contributed by atoms with Crippen LogP contribution in [0.5, 0.6) is 0 Å². The molecule has 1 aliphatic heterocycles. The van der Waals surface area contributed by atoms with Gasteiger partial charge >= 0.3 is 0 Å². The van der Waals surface area contributed by atoms with Crippen LogP contribution >= 0.6 is 23.4 Å². The van der Waals surface area contributed by atoms with Gasteiger partial charge in [0.25, 0.3) is 5.91 Å². The Kier molecular flexibility index (Phi) is 5.77. The maximum absolute atomic E-state index is 12.8. The van der Waals surface area contributed by atoms with E-state index in [4.69, 9.17) is 17.3 Å². The Balaban J connectivity index is 1.69. The average molecular weight is 463 g/mol. The minimum atomic E-state index is -3.12. The van der Waals surface area contributed by atoms with Gasteiger partial charge in [0.2, 0.25) is 0 Å². The van der Waals surface area contributed by atoms with Crippen LogP contribution in [0.2, 0.25) is 5.02 Å². The highest BCUT2D eigenvalue weighted by Crippen LogP contribution is 2.39. The minimum absolute atomic E-state index is 0.0150. The summed E-state index contributed by atoms with van der Waals surface area (Å²) < 4.78 is 25.4. The van der Waals surface area contributed by atoms with E-state index in [0.29, 0.717) is 27.7 Å². The predicted molar refractivity (Wildman–Crippen MR) is 119 cm³/mol. The summed E-state index contributed by atoms with van der Waals surface area (Å²) in [4.78, 5) is 13.7. The number of nitrogen functional groups attached to an aromatic ring is 1. The second-order valence-electron chi connectivity index (χ2n) is 6.94. The van der Waals surface area contributed by atoms with Crippen LogP contribution in [0.1, 0.15) is 22.8 Å². The molecule has 4 rings (SSSR count). The highest BCUT2D eigenvalue weighted by Gasteiger charge is 2.33. The number of benzene rings is 2. The van der Waals surface area contributed by atoms with E-state index in [0.717, 1.165) is 4.90 Å². The molecule has 1 amide bonds. The van der Waals surface area contributed by atoms with Gasteiger partial charge in [-0.2, -0.15) is 5.10 Å². The summed E-state index contributed by atoms with van der Waals surface area (Å²) >= 11 is 7.25. The third-order valence-corrected chi connectivity index (χ3v) is 7.76. The lowest BCUT2D eigenvalue weighted by atomic mass is 10.2. The lowest BCUT2D eigenvalue weighted by molar-refractivity contribution is 0.102. The van der Waals surface area contributed by atoms with Gasteiger partial charge in [-0.3, -0.25) is 4.79 Å². The minimum Gasteiger partial charge on any atom is -0.382 e. The molecule has 30 heavy (non-hydrogen) atoms. The number of hydrogen-bond donors (Lipinski definition) is 2. The van der Waals surface area contributed by atoms with Crippen LogP contribution in [-0.2, 0) is 9.84 Å². The molecule has 0 aliphatic carbocycles. The van der Waals surface area contributed by atoms with Crippen molar-refractivity contribution in [2.24, 2.45) is 0 Å². The molecule has 0 bridgehead atoms. The molecule has 1 unspecified atom stereocenters. The van der Waals surface area contributed by atoms with Crippen molar-refractivity contribution in [1.82, 2.24) is 9.78 Å². The molecule has 3 N–H and O–H groups in total. The van der Waals surface area contributed by atoms with Crippen LogP contribution in [0.3, 0.4) is 0 Å². The number of sulfone groups is 1. The summed E-state index contributed by atoms with van der Waals surface area (Å²) in [6.45, 7) is 0. The first kappa shape index (κ1) is 20.8. The Morgan fingerprint density at radius 3 is 2.50 bits per heavy atom. The Bertz CT molecular complexity index is 1180. The second-order valence-corrected chi connectivity index (χ2v) is 10.7. The number of nitrogens with two attached hydrogens (primary N) is 1. The molecule has 1 fully saturated rings. The molecule has 0 saturated carbocycles. The molecule has 2 heterocycles. The van der Waals surface area contributed by atoms with Gasteiger partial charge in [-0.05, 0) is 42.8 Å². The predicted octanol–water partition coefficient (Wildman–Crippen LogP) is 3.88. The molecule has 1 aliphatic rings. The van der Waals surface area contributed by atoms with Gasteiger partial charge < -0.3 is 11.1 Å². The number of halogens is 1. The first-order valence-corrected chi connectivity index (χ1v) is 12.2. The quantitative estimate of drug-likeness (QED) is 0.595. The number of anilines is 2. The Morgan fingerprint density at radius 2 is 1.87 bits per heavy atom. The summed E-state index contributed by atoms with van der Waals surface area (Å²) in [5.74, 6) is -0.0338. The topological polar surface area (TPSA) is 107 Å². The van der Waals surface area contributed by atoms with Crippen molar-refractivity contribution in [3.8, 4) is 0 Å². The van der Waals surface area contributed by atoms with Crippen molar-refractivity contribution >= 4 is 50.6 Å². The highest BCUT2D eigenvalue weighted by molar-refractivity contribution is 7.99. The van der Waals surface area contributed by atoms with Crippen molar-refractivity contribution in [1.29, 1.82) is 0 Å². The Morgan fingerprint density at radius 1 is 1.17 bits per heavy atom. The van der Waals surface area contributed by atoms with Crippen LogP contribution < -0.4 is 11.1 Å². The molecule has 0 radical (unpaired) electrons. The lowest BCUT2D eigenvalue weighted by Crippen LogP contribution is -2.16. The van der Waals surface area contributed by atoms with Crippen molar-refractivity contribution in [3.63, 3.8) is 0 Å². The van der Waals surface area contributed by atoms with Gasteiger partial charge in [0.15, 0.2) is 9.84 Å². The van der Waals surface area contributed by atoms with Crippen LogP contribution in [0.15, 0.2) is 64.5 Å². The van der Waals surface area contributed by atoms with Crippen LogP contribution in [0, 0.1) is 0 Å². The van der Waals surface area contributed by atoms with Crippen molar-refractivity contribution in [3.05, 3.63) is 65.2 Å². The van der Waals surface area contributed by atoms with Crippen molar-refractivity contribution in [2.75, 3.05) is 22.6 Å². The van der Waals surface area contributed by atoms with Gasteiger partial charge in [-0.15, -0.1) is 0 Å². The Labute approximate surface area is 183 Å². The van der Waals surface area contributed by atoms with E-state index in [-0.39, 0.29) is 29.3 Å². The number of carbonyl (C=O) groups excluding carboxylic acids is 1. The number of nitrogens with one attached hydrogen (secondary N) is 1. The van der Waals surface area contributed by atoms with Crippen molar-refractivity contribution in [2.45, 2.75) is 22.4 Å². The number of hydrogen-bond acceptors (Lipinski definition) is 6. The second kappa shape index (κ2) is 8.33. The van der Waals surface area contributed by atoms with Gasteiger partial charge in [0.05, 0.1) is 17.5 Å².